The van der Waals surface area contributed by atoms with E-state index in [1.807, 2.05) is 32.9 Å². The van der Waals surface area contributed by atoms with Gasteiger partial charge in [-0.05, 0) is 52.5 Å². The molecule has 3 aliphatic heterocycles. The number of nitrogens with one attached hydrogen (secondary N) is 1. The van der Waals surface area contributed by atoms with E-state index < -0.39 is 35.5 Å². The lowest BCUT2D eigenvalue weighted by Crippen LogP contribution is -2.56. The van der Waals surface area contributed by atoms with Gasteiger partial charge in [-0.15, -0.1) is 0 Å². The van der Waals surface area contributed by atoms with Crippen molar-refractivity contribution >= 4 is 11.9 Å². The molecule has 0 saturated carbocycles. The topological polar surface area (TPSA) is 127 Å². The fourth-order valence-electron chi connectivity index (χ4n) is 5.16. The van der Waals surface area contributed by atoms with Crippen LogP contribution in [0.15, 0.2) is 36.0 Å². The Labute approximate surface area is 219 Å². The van der Waals surface area contributed by atoms with E-state index in [0.717, 1.165) is 18.4 Å². The summed E-state index contributed by atoms with van der Waals surface area (Å²) < 4.78 is 22.8. The molecule has 1 unspecified atom stereocenters. The van der Waals surface area contributed by atoms with Gasteiger partial charge in [-0.3, -0.25) is 9.59 Å². The molecule has 37 heavy (non-hydrogen) atoms. The third-order valence-corrected chi connectivity index (χ3v) is 7.43. The Balaban J connectivity index is 1.50. The SMILES string of the molecule is CC(=O)O[C@H](C)C=CC(=O)NC1C[C@H](C)[C@H](CC=C(C)C=C[C@H]2O[C@](C)(CO)C[C@@]3(CO3)[C@@H]2O)O[C@@H]1C. The molecular formula is C28H43NO8. The third kappa shape index (κ3) is 7.97. The molecule has 3 heterocycles. The molecule has 3 N–H and O–H groups in total. The number of ether oxygens (including phenoxy) is 4. The summed E-state index contributed by atoms with van der Waals surface area (Å²) in [6.45, 7) is 11.3. The smallest absolute Gasteiger partial charge is 0.303 e. The van der Waals surface area contributed by atoms with E-state index in [4.69, 9.17) is 18.9 Å². The summed E-state index contributed by atoms with van der Waals surface area (Å²) in [5.41, 5.74) is -0.345. The summed E-state index contributed by atoms with van der Waals surface area (Å²) in [6, 6.07) is -0.111. The predicted molar refractivity (Wildman–Crippen MR) is 138 cm³/mol. The van der Waals surface area contributed by atoms with Gasteiger partial charge in [-0.2, -0.15) is 0 Å². The van der Waals surface area contributed by atoms with Crippen molar-refractivity contribution in [3.8, 4) is 0 Å². The Morgan fingerprint density at radius 1 is 1.24 bits per heavy atom. The number of aliphatic hydroxyl groups is 2. The number of hydrogen-bond acceptors (Lipinski definition) is 8. The van der Waals surface area contributed by atoms with Gasteiger partial charge in [0.15, 0.2) is 0 Å². The molecule has 9 heteroatoms. The van der Waals surface area contributed by atoms with Crippen LogP contribution in [-0.2, 0) is 28.5 Å². The number of aliphatic hydroxyl groups excluding tert-OH is 2. The summed E-state index contributed by atoms with van der Waals surface area (Å²) in [5.74, 6) is -0.398. The minimum atomic E-state index is -0.773. The van der Waals surface area contributed by atoms with Gasteiger partial charge >= 0.3 is 5.97 Å². The zero-order valence-corrected chi connectivity index (χ0v) is 22.8. The Bertz CT molecular complexity index is 910. The second-order valence-corrected chi connectivity index (χ2v) is 11.1. The molecule has 0 aromatic rings. The Kier molecular flexibility index (Phi) is 9.74. The molecule has 0 radical (unpaired) electrons. The van der Waals surface area contributed by atoms with Crippen LogP contribution < -0.4 is 5.32 Å². The second kappa shape index (κ2) is 12.2. The van der Waals surface area contributed by atoms with E-state index in [1.54, 1.807) is 13.0 Å². The van der Waals surface area contributed by atoms with Gasteiger partial charge in [0.1, 0.15) is 23.9 Å². The Morgan fingerprint density at radius 2 is 1.95 bits per heavy atom. The number of carbonyl (C=O) groups is 2. The van der Waals surface area contributed by atoms with Gasteiger partial charge in [-0.1, -0.05) is 30.7 Å². The van der Waals surface area contributed by atoms with Crippen LogP contribution in [-0.4, -0.2) is 83.1 Å². The zero-order valence-electron chi connectivity index (χ0n) is 22.8. The Morgan fingerprint density at radius 3 is 2.57 bits per heavy atom. The number of amides is 1. The summed E-state index contributed by atoms with van der Waals surface area (Å²) >= 11 is 0. The number of hydrogen-bond donors (Lipinski definition) is 3. The average Bonchev–Trinajstić information content (AvgIpc) is 3.59. The molecule has 3 saturated heterocycles. The molecule has 0 aromatic carbocycles. The van der Waals surface area contributed by atoms with Crippen molar-refractivity contribution < 1.29 is 38.7 Å². The number of epoxide rings is 1. The number of allylic oxidation sites excluding steroid dienone is 2. The van der Waals surface area contributed by atoms with Crippen molar-refractivity contribution in [3.05, 3.63) is 36.0 Å². The van der Waals surface area contributed by atoms with Gasteiger partial charge in [0.25, 0.3) is 0 Å². The first-order chi connectivity index (χ1) is 17.4. The zero-order chi connectivity index (χ0) is 27.4. The van der Waals surface area contributed by atoms with Crippen LogP contribution >= 0.6 is 0 Å². The molecule has 1 spiro atoms. The van der Waals surface area contributed by atoms with Crippen molar-refractivity contribution in [2.75, 3.05) is 13.2 Å². The first kappa shape index (κ1) is 29.5. The van der Waals surface area contributed by atoms with Crippen LogP contribution in [0.4, 0.5) is 0 Å². The van der Waals surface area contributed by atoms with E-state index in [9.17, 15) is 19.8 Å². The first-order valence-electron chi connectivity index (χ1n) is 13.1. The third-order valence-electron chi connectivity index (χ3n) is 7.43. The molecule has 3 fully saturated rings. The monoisotopic (exact) mass is 521 g/mol. The normalized spacial score (nSPS) is 39.2. The van der Waals surface area contributed by atoms with Crippen LogP contribution in [0.2, 0.25) is 0 Å². The summed E-state index contributed by atoms with van der Waals surface area (Å²) in [6.07, 6.45) is 8.86. The highest BCUT2D eigenvalue weighted by Gasteiger charge is 2.61. The predicted octanol–water partition coefficient (Wildman–Crippen LogP) is 2.35. The molecular weight excluding hydrogens is 478 g/mol. The number of rotatable bonds is 9. The van der Waals surface area contributed by atoms with Crippen molar-refractivity contribution in [2.45, 2.75) is 109 Å². The van der Waals surface area contributed by atoms with Gasteiger partial charge in [0.2, 0.25) is 5.91 Å². The highest BCUT2D eigenvalue weighted by atomic mass is 16.6. The van der Waals surface area contributed by atoms with Crippen molar-refractivity contribution in [1.82, 2.24) is 5.32 Å². The highest BCUT2D eigenvalue weighted by Crippen LogP contribution is 2.46. The van der Waals surface area contributed by atoms with Gasteiger partial charge in [0, 0.05) is 19.4 Å². The highest BCUT2D eigenvalue weighted by molar-refractivity contribution is 5.87. The lowest BCUT2D eigenvalue weighted by Gasteiger charge is -2.42. The van der Waals surface area contributed by atoms with Crippen LogP contribution in [0, 0.1) is 5.92 Å². The number of esters is 1. The minimum absolute atomic E-state index is 0.0170. The lowest BCUT2D eigenvalue weighted by atomic mass is 9.82. The van der Waals surface area contributed by atoms with Gasteiger partial charge in [-0.25, -0.2) is 0 Å². The fourth-order valence-corrected chi connectivity index (χ4v) is 5.16. The standard InChI is InChI=1S/C28H43NO8/c1-17(8-11-24-26(33)28(16-34-28)14-27(6,15-30)37-24)7-10-23-18(2)13-22(20(4)36-23)29-25(32)12-9-19(3)35-21(5)31/h7-9,11-12,18-20,22-24,26,30,33H,10,13-16H2,1-6H3,(H,29,32)/t18-,19+,20+,22?,23-,24+,26+,27-,28+/m0/s1. The lowest BCUT2D eigenvalue weighted by molar-refractivity contribution is -0.192. The maximum absolute atomic E-state index is 12.3. The molecule has 3 aliphatic rings. The van der Waals surface area contributed by atoms with E-state index in [2.05, 4.69) is 18.3 Å². The fraction of sp³-hybridized carbons (Fsp3) is 0.714. The first-order valence-corrected chi connectivity index (χ1v) is 13.1. The van der Waals surface area contributed by atoms with Crippen LogP contribution in [0.3, 0.4) is 0 Å². The Hall–Kier alpha value is -2.04. The summed E-state index contributed by atoms with van der Waals surface area (Å²) in [7, 11) is 0. The van der Waals surface area contributed by atoms with Gasteiger partial charge in [0.05, 0.1) is 37.1 Å². The average molecular weight is 522 g/mol. The molecule has 0 bridgehead atoms. The molecule has 1 amide bonds. The minimum Gasteiger partial charge on any atom is -0.459 e. The molecule has 3 rings (SSSR count). The second-order valence-electron chi connectivity index (χ2n) is 11.1. The number of carbonyl (C=O) groups excluding carboxylic acids is 2. The molecule has 9 nitrogen and oxygen atoms in total. The van der Waals surface area contributed by atoms with Crippen molar-refractivity contribution in [3.63, 3.8) is 0 Å². The molecule has 0 aromatic heterocycles. The molecule has 208 valence electrons. The van der Waals surface area contributed by atoms with E-state index in [0.29, 0.717) is 13.0 Å². The van der Waals surface area contributed by atoms with E-state index >= 15 is 0 Å². The largest absolute Gasteiger partial charge is 0.459 e. The van der Waals surface area contributed by atoms with Crippen molar-refractivity contribution in [1.29, 1.82) is 0 Å². The summed E-state index contributed by atoms with van der Waals surface area (Å²) in [5, 5.41) is 23.5. The van der Waals surface area contributed by atoms with Gasteiger partial charge < -0.3 is 34.5 Å². The van der Waals surface area contributed by atoms with E-state index in [1.165, 1.54) is 13.0 Å². The maximum Gasteiger partial charge on any atom is 0.303 e. The molecule has 9 atom stereocenters. The van der Waals surface area contributed by atoms with Crippen molar-refractivity contribution in [2.24, 2.45) is 5.92 Å². The summed E-state index contributed by atoms with van der Waals surface area (Å²) in [4.78, 5) is 23.3. The van der Waals surface area contributed by atoms with Crippen LogP contribution in [0.25, 0.3) is 0 Å². The van der Waals surface area contributed by atoms with Crippen LogP contribution in [0.5, 0.6) is 0 Å². The molecule has 0 aliphatic carbocycles. The quantitative estimate of drug-likeness (QED) is 0.183. The van der Waals surface area contributed by atoms with E-state index in [-0.39, 0.29) is 36.7 Å². The van der Waals surface area contributed by atoms with Crippen LogP contribution in [0.1, 0.15) is 60.8 Å². The maximum atomic E-state index is 12.3.